The van der Waals surface area contributed by atoms with E-state index in [1.54, 1.807) is 24.3 Å². The molecule has 0 radical (unpaired) electrons. The summed E-state index contributed by atoms with van der Waals surface area (Å²) >= 11 is 12.9. The second-order valence-corrected chi connectivity index (χ2v) is 5.93. The van der Waals surface area contributed by atoms with Crippen LogP contribution in [0.4, 0.5) is 15.8 Å². The van der Waals surface area contributed by atoms with E-state index in [4.69, 9.17) is 28.9 Å². The fourth-order valence-electron chi connectivity index (χ4n) is 1.56. The van der Waals surface area contributed by atoms with Gasteiger partial charge in [-0.1, -0.05) is 29.3 Å². The summed E-state index contributed by atoms with van der Waals surface area (Å²) in [5.74, 6) is -0.710. The summed E-state index contributed by atoms with van der Waals surface area (Å²) in [6, 6.07) is 9.27. The van der Waals surface area contributed by atoms with Crippen molar-refractivity contribution in [2.75, 3.05) is 16.8 Å². The number of hydrogen-bond acceptors (Lipinski definition) is 3. The Hall–Kier alpha value is -1.43. The normalized spacial score (nSPS) is 10.4. The van der Waals surface area contributed by atoms with Crippen LogP contribution in [0.5, 0.6) is 0 Å². The van der Waals surface area contributed by atoms with Gasteiger partial charge in [-0.05, 0) is 30.3 Å². The monoisotopic (exact) mass is 344 g/mol. The molecule has 0 aromatic heterocycles. The van der Waals surface area contributed by atoms with E-state index in [2.05, 4.69) is 5.32 Å². The third-order valence-corrected chi connectivity index (χ3v) is 4.41. The molecule has 0 aliphatic rings. The van der Waals surface area contributed by atoms with Crippen molar-refractivity contribution in [2.24, 2.45) is 0 Å². The van der Waals surface area contributed by atoms with Gasteiger partial charge in [-0.15, -0.1) is 11.8 Å². The van der Waals surface area contributed by atoms with Crippen LogP contribution in [0, 0.1) is 5.82 Å². The number of thioether (sulfide) groups is 1. The molecule has 2 aromatic carbocycles. The molecule has 0 unspecified atom stereocenters. The number of nitrogens with one attached hydrogen (secondary N) is 1. The molecule has 0 saturated carbocycles. The van der Waals surface area contributed by atoms with Crippen molar-refractivity contribution < 1.29 is 9.18 Å². The Morgan fingerprint density at radius 1 is 1.29 bits per heavy atom. The number of amides is 1. The minimum Gasteiger partial charge on any atom is -0.399 e. The molecule has 0 bridgehead atoms. The highest BCUT2D eigenvalue weighted by Crippen LogP contribution is 2.30. The lowest BCUT2D eigenvalue weighted by Gasteiger charge is -2.08. The van der Waals surface area contributed by atoms with Gasteiger partial charge < -0.3 is 11.1 Å². The molecule has 0 heterocycles. The molecule has 0 fully saturated rings. The molecule has 21 heavy (non-hydrogen) atoms. The van der Waals surface area contributed by atoms with Crippen LogP contribution < -0.4 is 11.1 Å². The molecule has 2 aromatic rings. The second-order valence-electron chi connectivity index (χ2n) is 4.13. The summed E-state index contributed by atoms with van der Waals surface area (Å²) in [6.07, 6.45) is 0. The summed E-state index contributed by atoms with van der Waals surface area (Å²) in [7, 11) is 0. The Labute approximate surface area is 135 Å². The maximum absolute atomic E-state index is 13.6. The zero-order valence-electron chi connectivity index (χ0n) is 10.7. The van der Waals surface area contributed by atoms with Crippen LogP contribution in [0.3, 0.4) is 0 Å². The Kier molecular flexibility index (Phi) is 5.33. The fraction of sp³-hybridized carbons (Fsp3) is 0.0714. The van der Waals surface area contributed by atoms with E-state index in [0.29, 0.717) is 21.3 Å². The number of rotatable bonds is 4. The predicted octanol–water partition coefficient (Wildman–Crippen LogP) is 4.45. The number of carbonyl (C=O) groups is 1. The van der Waals surface area contributed by atoms with Crippen LogP contribution in [0.2, 0.25) is 10.0 Å². The van der Waals surface area contributed by atoms with Crippen LogP contribution >= 0.6 is 35.0 Å². The number of anilines is 2. The zero-order valence-corrected chi connectivity index (χ0v) is 13.0. The van der Waals surface area contributed by atoms with Crippen molar-refractivity contribution in [3.8, 4) is 0 Å². The first-order chi connectivity index (χ1) is 9.97. The van der Waals surface area contributed by atoms with Crippen molar-refractivity contribution in [2.45, 2.75) is 4.90 Å². The minimum absolute atomic E-state index is 0.0453. The molecule has 3 nitrogen and oxygen atoms in total. The quantitative estimate of drug-likeness (QED) is 0.636. The van der Waals surface area contributed by atoms with Gasteiger partial charge in [0, 0.05) is 10.6 Å². The van der Waals surface area contributed by atoms with Gasteiger partial charge >= 0.3 is 0 Å². The number of nitrogens with two attached hydrogens (primary N) is 1. The summed E-state index contributed by atoms with van der Waals surface area (Å²) < 4.78 is 13.6. The topological polar surface area (TPSA) is 55.1 Å². The smallest absolute Gasteiger partial charge is 0.234 e. The van der Waals surface area contributed by atoms with Gasteiger partial charge in [-0.3, -0.25) is 4.79 Å². The van der Waals surface area contributed by atoms with E-state index in [1.807, 2.05) is 0 Å². The van der Waals surface area contributed by atoms with E-state index < -0.39 is 5.82 Å². The molecule has 3 N–H and O–H groups in total. The average Bonchev–Trinajstić information content (AvgIpc) is 2.43. The van der Waals surface area contributed by atoms with E-state index in [1.165, 1.54) is 12.1 Å². The molecule has 0 saturated heterocycles. The Balaban J connectivity index is 1.97. The number of halogens is 3. The van der Waals surface area contributed by atoms with Crippen LogP contribution in [0.15, 0.2) is 41.3 Å². The number of hydrogen-bond donors (Lipinski definition) is 2. The molecule has 1 amide bonds. The van der Waals surface area contributed by atoms with E-state index in [-0.39, 0.29) is 16.7 Å². The van der Waals surface area contributed by atoms with E-state index in [9.17, 15) is 9.18 Å². The molecule has 0 atom stereocenters. The van der Waals surface area contributed by atoms with Crippen molar-refractivity contribution in [3.63, 3.8) is 0 Å². The van der Waals surface area contributed by atoms with Crippen LogP contribution in [0.25, 0.3) is 0 Å². The Morgan fingerprint density at radius 3 is 2.76 bits per heavy atom. The summed E-state index contributed by atoms with van der Waals surface area (Å²) in [5, 5.41) is 3.26. The van der Waals surface area contributed by atoms with Crippen LogP contribution in [0.1, 0.15) is 0 Å². The molecular formula is C14H11Cl2FN2OS. The van der Waals surface area contributed by atoms with Crippen molar-refractivity contribution in [1.29, 1.82) is 0 Å². The molecule has 110 valence electrons. The molecule has 0 spiro atoms. The number of benzene rings is 2. The average molecular weight is 345 g/mol. The first kappa shape index (κ1) is 15.9. The lowest BCUT2D eigenvalue weighted by molar-refractivity contribution is -0.113. The van der Waals surface area contributed by atoms with E-state index in [0.717, 1.165) is 11.8 Å². The number of nitrogen functional groups attached to an aromatic ring is 1. The summed E-state index contributed by atoms with van der Waals surface area (Å²) in [5.41, 5.74) is 6.22. The van der Waals surface area contributed by atoms with Gasteiger partial charge in [-0.25, -0.2) is 4.39 Å². The van der Waals surface area contributed by atoms with Crippen LogP contribution in [-0.2, 0) is 4.79 Å². The van der Waals surface area contributed by atoms with Crippen molar-refractivity contribution in [3.05, 3.63) is 52.3 Å². The molecule has 0 aliphatic carbocycles. The largest absolute Gasteiger partial charge is 0.399 e. The molecular weight excluding hydrogens is 334 g/mol. The lowest BCUT2D eigenvalue weighted by atomic mass is 10.3. The second kappa shape index (κ2) is 7.02. The highest BCUT2D eigenvalue weighted by molar-refractivity contribution is 8.00. The van der Waals surface area contributed by atoms with Gasteiger partial charge in [0.1, 0.15) is 5.82 Å². The maximum Gasteiger partial charge on any atom is 0.234 e. The predicted molar refractivity (Wildman–Crippen MR) is 86.6 cm³/mol. The van der Waals surface area contributed by atoms with Crippen LogP contribution in [-0.4, -0.2) is 11.7 Å². The maximum atomic E-state index is 13.6. The lowest BCUT2D eigenvalue weighted by Crippen LogP contribution is -2.14. The molecule has 2 rings (SSSR count). The standard InChI is InChI=1S/C14H11Cl2FN2OS/c15-9-2-1-3-11(14(9)16)19-13(20)7-21-12-5-4-8(18)6-10(12)17/h1-6H,7,18H2,(H,19,20). The van der Waals surface area contributed by atoms with Gasteiger partial charge in [0.15, 0.2) is 0 Å². The highest BCUT2D eigenvalue weighted by atomic mass is 35.5. The highest BCUT2D eigenvalue weighted by Gasteiger charge is 2.10. The Morgan fingerprint density at radius 2 is 2.05 bits per heavy atom. The van der Waals surface area contributed by atoms with Gasteiger partial charge in [-0.2, -0.15) is 0 Å². The first-order valence-corrected chi connectivity index (χ1v) is 7.63. The van der Waals surface area contributed by atoms with Gasteiger partial charge in [0.05, 0.1) is 21.5 Å². The van der Waals surface area contributed by atoms with Crippen molar-refractivity contribution >= 4 is 52.2 Å². The van der Waals surface area contributed by atoms with Gasteiger partial charge in [0.25, 0.3) is 0 Å². The van der Waals surface area contributed by atoms with E-state index >= 15 is 0 Å². The number of carbonyl (C=O) groups excluding carboxylic acids is 1. The molecule has 7 heteroatoms. The SMILES string of the molecule is Nc1ccc(SCC(=O)Nc2cccc(Cl)c2Cl)c(F)c1. The Bertz CT molecular complexity index is 682. The third kappa shape index (κ3) is 4.27. The fourth-order valence-corrected chi connectivity index (χ4v) is 2.63. The zero-order chi connectivity index (χ0) is 15.4. The summed E-state index contributed by atoms with van der Waals surface area (Å²) in [4.78, 5) is 12.2. The molecule has 0 aliphatic heterocycles. The van der Waals surface area contributed by atoms with Gasteiger partial charge in [0.2, 0.25) is 5.91 Å². The minimum atomic E-state index is -0.450. The third-order valence-electron chi connectivity index (χ3n) is 2.54. The van der Waals surface area contributed by atoms with Crippen molar-refractivity contribution in [1.82, 2.24) is 0 Å². The first-order valence-electron chi connectivity index (χ1n) is 5.89. The summed E-state index contributed by atoms with van der Waals surface area (Å²) in [6.45, 7) is 0.